The second-order valence-electron chi connectivity index (χ2n) is 8.43. The number of fused-ring (bicyclic) bond motifs is 2. The molecular formula is C23H25N9O2. The van der Waals surface area contributed by atoms with E-state index in [2.05, 4.69) is 35.9 Å². The van der Waals surface area contributed by atoms with E-state index in [9.17, 15) is 4.79 Å². The average Bonchev–Trinajstić information content (AvgIpc) is 3.48. The maximum Gasteiger partial charge on any atom is 0.228 e. The van der Waals surface area contributed by atoms with Gasteiger partial charge < -0.3 is 20.3 Å². The third-order valence-electron chi connectivity index (χ3n) is 6.13. The molecule has 34 heavy (non-hydrogen) atoms. The van der Waals surface area contributed by atoms with Crippen LogP contribution in [0.25, 0.3) is 27.9 Å². The van der Waals surface area contributed by atoms with Gasteiger partial charge in [-0.15, -0.1) is 15.3 Å². The zero-order chi connectivity index (χ0) is 28.3. The summed E-state index contributed by atoms with van der Waals surface area (Å²) in [6.45, 7) is 1.27. The van der Waals surface area contributed by atoms with E-state index in [1.165, 1.54) is 10.7 Å². The average molecular weight is 466 g/mol. The number of carbonyl (C=O) groups excluding carboxylic acids is 1. The Morgan fingerprint density at radius 3 is 2.94 bits per heavy atom. The fourth-order valence-corrected chi connectivity index (χ4v) is 4.03. The number of hydrogen-bond donors (Lipinski definition) is 2. The van der Waals surface area contributed by atoms with Crippen LogP contribution in [0.5, 0.6) is 0 Å². The van der Waals surface area contributed by atoms with Crippen LogP contribution in [0.4, 0.5) is 17.3 Å². The number of hydrogen-bond acceptors (Lipinski definition) is 9. The third-order valence-corrected chi connectivity index (χ3v) is 6.13. The van der Waals surface area contributed by atoms with Gasteiger partial charge in [-0.3, -0.25) is 4.79 Å². The molecule has 1 saturated heterocycles. The summed E-state index contributed by atoms with van der Waals surface area (Å²) in [5.74, 6) is 0.201. The Hall–Kier alpha value is -3.86. The van der Waals surface area contributed by atoms with Crippen molar-refractivity contribution in [1.82, 2.24) is 29.8 Å². The van der Waals surface area contributed by atoms with Gasteiger partial charge in [0.25, 0.3) is 0 Å². The van der Waals surface area contributed by atoms with E-state index in [0.29, 0.717) is 37.3 Å². The van der Waals surface area contributed by atoms with Gasteiger partial charge in [-0.25, -0.2) is 14.5 Å². The van der Waals surface area contributed by atoms with Gasteiger partial charge in [0.1, 0.15) is 5.52 Å². The lowest BCUT2D eigenvalue weighted by molar-refractivity contribution is -0.117. The van der Waals surface area contributed by atoms with E-state index in [0.717, 1.165) is 6.42 Å². The van der Waals surface area contributed by atoms with Crippen molar-refractivity contribution in [2.24, 2.45) is 11.8 Å². The summed E-state index contributed by atoms with van der Waals surface area (Å²) < 4.78 is 55.3. The Kier molecular flexibility index (Phi) is 3.63. The summed E-state index contributed by atoms with van der Waals surface area (Å²) in [5, 5.41) is 18.2. The van der Waals surface area contributed by atoms with Gasteiger partial charge in [0.15, 0.2) is 23.1 Å². The van der Waals surface area contributed by atoms with E-state index in [4.69, 9.17) is 13.0 Å². The van der Waals surface area contributed by atoms with Gasteiger partial charge in [0.05, 0.1) is 29.2 Å². The molecule has 0 aromatic carbocycles. The standard InChI is InChI=1S/C23H25N9O2/c1-13-9-15(13)23(33)26-18-10-16-17(11-25-22(24-2)20(16)29-28-18)21-27-19-4-3-14(12-32(19)30-21)31-5-7-34-8-6-31/h3-4,10-13,15H,5-9H2,1-2H3,(H,24,25)(H,26,28,33)/t13-,15+/m1/s1/i2D3,3D,4D,12D. The highest BCUT2D eigenvalue weighted by Gasteiger charge is 2.39. The first-order chi connectivity index (χ1) is 19.0. The number of pyridine rings is 2. The fourth-order valence-electron chi connectivity index (χ4n) is 4.03. The zero-order valence-corrected chi connectivity index (χ0v) is 18.3. The maximum atomic E-state index is 12.5. The third kappa shape index (κ3) is 3.67. The normalized spacial score (nSPS) is 22.9. The lowest BCUT2D eigenvalue weighted by Crippen LogP contribution is -2.36. The molecule has 0 radical (unpaired) electrons. The topological polar surface area (TPSA) is 122 Å². The van der Waals surface area contributed by atoms with Crippen molar-refractivity contribution in [3.63, 3.8) is 0 Å². The van der Waals surface area contributed by atoms with Gasteiger partial charge in [0, 0.05) is 47.2 Å². The Labute approximate surface area is 204 Å². The number of amides is 1. The smallest absolute Gasteiger partial charge is 0.228 e. The van der Waals surface area contributed by atoms with E-state index in [-0.39, 0.29) is 70.3 Å². The Bertz CT molecular complexity index is 1650. The molecule has 0 unspecified atom stereocenters. The van der Waals surface area contributed by atoms with Crippen LogP contribution in [-0.2, 0) is 9.53 Å². The molecule has 11 heteroatoms. The molecule has 0 spiro atoms. The largest absolute Gasteiger partial charge is 0.378 e. The van der Waals surface area contributed by atoms with Crippen molar-refractivity contribution < 1.29 is 17.8 Å². The van der Waals surface area contributed by atoms with Crippen LogP contribution in [0.15, 0.2) is 30.5 Å². The number of anilines is 3. The van der Waals surface area contributed by atoms with Crippen LogP contribution in [0.3, 0.4) is 0 Å². The van der Waals surface area contributed by atoms with Crippen molar-refractivity contribution in [2.75, 3.05) is 48.8 Å². The van der Waals surface area contributed by atoms with Gasteiger partial charge in [-0.2, -0.15) is 0 Å². The van der Waals surface area contributed by atoms with Crippen LogP contribution in [0, 0.1) is 11.8 Å². The van der Waals surface area contributed by atoms with Gasteiger partial charge in [0.2, 0.25) is 5.91 Å². The van der Waals surface area contributed by atoms with E-state index in [1.807, 2.05) is 11.8 Å². The summed E-state index contributed by atoms with van der Waals surface area (Å²) in [4.78, 5) is 23.0. The molecule has 2 aliphatic rings. The van der Waals surface area contributed by atoms with Crippen molar-refractivity contribution in [1.29, 1.82) is 0 Å². The van der Waals surface area contributed by atoms with Crippen molar-refractivity contribution in [2.45, 2.75) is 13.3 Å². The molecular weight excluding hydrogens is 434 g/mol. The zero-order valence-electron chi connectivity index (χ0n) is 24.3. The van der Waals surface area contributed by atoms with Crippen molar-refractivity contribution in [3.05, 3.63) is 30.5 Å². The molecule has 1 aliphatic heterocycles. The number of rotatable bonds is 5. The number of nitrogens with one attached hydrogen (secondary N) is 2. The second-order valence-corrected chi connectivity index (χ2v) is 8.43. The maximum absolute atomic E-state index is 12.5. The van der Waals surface area contributed by atoms with Crippen molar-refractivity contribution in [3.8, 4) is 11.4 Å². The minimum atomic E-state index is -2.56. The Morgan fingerprint density at radius 2 is 2.15 bits per heavy atom. The summed E-state index contributed by atoms with van der Waals surface area (Å²) in [7, 11) is 0. The first-order valence-corrected chi connectivity index (χ1v) is 11.0. The summed E-state index contributed by atoms with van der Waals surface area (Å²) >= 11 is 0. The van der Waals surface area contributed by atoms with Crippen LogP contribution >= 0.6 is 0 Å². The summed E-state index contributed by atoms with van der Waals surface area (Å²) in [5.41, 5.74) is 0.705. The summed E-state index contributed by atoms with van der Waals surface area (Å²) in [6, 6.07) is 1.21. The van der Waals surface area contributed by atoms with E-state index < -0.39 is 6.98 Å². The molecule has 174 valence electrons. The number of carbonyl (C=O) groups is 1. The highest BCUT2D eigenvalue weighted by Crippen LogP contribution is 2.38. The van der Waals surface area contributed by atoms with Crippen molar-refractivity contribution >= 4 is 39.8 Å². The lowest BCUT2D eigenvalue weighted by atomic mass is 10.1. The first-order valence-electron chi connectivity index (χ1n) is 14.0. The molecule has 2 N–H and O–H groups in total. The molecule has 11 nitrogen and oxygen atoms in total. The molecule has 2 fully saturated rings. The molecule has 4 aromatic rings. The number of morpholine rings is 1. The van der Waals surface area contributed by atoms with Gasteiger partial charge in [-0.05, 0) is 30.5 Å². The predicted octanol–water partition coefficient (Wildman–Crippen LogP) is 2.21. The summed E-state index contributed by atoms with van der Waals surface area (Å²) in [6.07, 6.45) is 2.05. The number of nitrogens with zero attached hydrogens (tertiary/aromatic N) is 7. The van der Waals surface area contributed by atoms with E-state index in [1.54, 1.807) is 6.07 Å². The molecule has 4 aromatic heterocycles. The molecule has 2 atom stereocenters. The number of aromatic nitrogens is 6. The monoisotopic (exact) mass is 465 g/mol. The highest BCUT2D eigenvalue weighted by molar-refractivity contribution is 6.01. The second kappa shape index (κ2) is 8.17. The minimum Gasteiger partial charge on any atom is -0.378 e. The molecule has 0 bridgehead atoms. The van der Waals surface area contributed by atoms with Gasteiger partial charge >= 0.3 is 0 Å². The van der Waals surface area contributed by atoms with Crippen LogP contribution in [-0.4, -0.2) is 69.0 Å². The molecule has 1 saturated carbocycles. The number of ether oxygens (including phenoxy) is 1. The highest BCUT2D eigenvalue weighted by atomic mass is 16.5. The molecule has 5 heterocycles. The van der Waals surface area contributed by atoms with Crippen LogP contribution in [0.1, 0.15) is 21.6 Å². The molecule has 1 amide bonds. The predicted molar refractivity (Wildman–Crippen MR) is 128 cm³/mol. The molecule has 1 aliphatic carbocycles. The van der Waals surface area contributed by atoms with Crippen LogP contribution in [0.2, 0.25) is 0 Å². The Balaban J connectivity index is 1.49. The molecule has 6 rings (SSSR count). The van der Waals surface area contributed by atoms with Gasteiger partial charge in [-0.1, -0.05) is 6.92 Å². The Morgan fingerprint density at radius 1 is 1.29 bits per heavy atom. The van der Waals surface area contributed by atoms with E-state index >= 15 is 0 Å². The van der Waals surface area contributed by atoms with Crippen LogP contribution < -0.4 is 15.5 Å². The first kappa shape index (κ1) is 15.1. The quantitative estimate of drug-likeness (QED) is 0.457. The minimum absolute atomic E-state index is 0.0121. The fraction of sp³-hybridized carbons (Fsp3) is 0.391. The lowest BCUT2D eigenvalue weighted by Gasteiger charge is -2.28. The SMILES string of the molecule is [2H]c1c(N2CCOCC2)c([2H])n2nc(-c3cnc(NC([2H])([2H])[2H])c4nnc(NC(=O)[C@H]5C[C@H]5C)cc34)nc2c1[2H].